The summed E-state index contributed by atoms with van der Waals surface area (Å²) in [5.41, 5.74) is 3.44. The van der Waals surface area contributed by atoms with Gasteiger partial charge in [-0.1, -0.05) is 12.1 Å². The van der Waals surface area contributed by atoms with Crippen molar-refractivity contribution in [3.05, 3.63) is 59.2 Å². The first-order valence-corrected chi connectivity index (χ1v) is 8.43. The highest BCUT2D eigenvalue weighted by Crippen LogP contribution is 2.22. The third-order valence-electron chi connectivity index (χ3n) is 4.31. The molecule has 0 heterocycles. The lowest BCUT2D eigenvalue weighted by atomic mass is 9.90. The molecule has 0 bridgehead atoms. The first-order valence-electron chi connectivity index (χ1n) is 8.43. The normalized spacial score (nSPS) is 13.0. The van der Waals surface area contributed by atoms with E-state index in [2.05, 4.69) is 11.4 Å². The van der Waals surface area contributed by atoms with Gasteiger partial charge in [0.25, 0.3) is 5.91 Å². The van der Waals surface area contributed by atoms with Crippen LogP contribution in [0.25, 0.3) is 0 Å². The highest BCUT2D eigenvalue weighted by molar-refractivity contribution is 5.94. The van der Waals surface area contributed by atoms with Gasteiger partial charge in [0.15, 0.2) is 0 Å². The second-order valence-electron chi connectivity index (χ2n) is 5.97. The van der Waals surface area contributed by atoms with Crippen molar-refractivity contribution in [3.63, 3.8) is 0 Å². The molecule has 2 aromatic rings. The molecule has 0 atom stereocenters. The Balaban J connectivity index is 1.48. The summed E-state index contributed by atoms with van der Waals surface area (Å²) >= 11 is 0. The van der Waals surface area contributed by atoms with Gasteiger partial charge in [0, 0.05) is 11.6 Å². The molecule has 0 saturated carbocycles. The van der Waals surface area contributed by atoms with E-state index in [4.69, 9.17) is 9.47 Å². The molecule has 0 unspecified atom stereocenters. The van der Waals surface area contributed by atoms with Gasteiger partial charge in [-0.3, -0.25) is 4.79 Å². The molecule has 0 aliphatic heterocycles. The van der Waals surface area contributed by atoms with Crippen LogP contribution in [0.1, 0.15) is 34.3 Å². The number of fused-ring (bicyclic) bond motifs is 1. The second kappa shape index (κ2) is 7.86. The molecule has 3 rings (SSSR count). The molecule has 126 valence electrons. The first-order chi connectivity index (χ1) is 11.8. The number of carbonyl (C=O) groups excluding carboxylic acids is 1. The zero-order valence-electron chi connectivity index (χ0n) is 14.0. The van der Waals surface area contributed by atoms with E-state index in [1.807, 2.05) is 36.4 Å². The molecule has 1 N–H and O–H groups in total. The molecule has 0 saturated heterocycles. The van der Waals surface area contributed by atoms with E-state index < -0.39 is 0 Å². The van der Waals surface area contributed by atoms with Crippen LogP contribution < -0.4 is 14.8 Å². The Morgan fingerprint density at radius 1 is 1.04 bits per heavy atom. The highest BCUT2D eigenvalue weighted by atomic mass is 16.5. The number of aryl methyl sites for hydroxylation is 2. The monoisotopic (exact) mass is 325 g/mol. The van der Waals surface area contributed by atoms with Gasteiger partial charge in [-0.2, -0.15) is 0 Å². The largest absolute Gasteiger partial charge is 0.497 e. The van der Waals surface area contributed by atoms with E-state index in [9.17, 15) is 4.79 Å². The SMILES string of the molecule is COc1cccc(OCCNC(=O)c2ccc3c(c2)CCCC3)c1. The van der Waals surface area contributed by atoms with E-state index >= 15 is 0 Å². The van der Waals surface area contributed by atoms with Gasteiger partial charge in [0.2, 0.25) is 0 Å². The van der Waals surface area contributed by atoms with Crippen molar-refractivity contribution in [1.82, 2.24) is 5.32 Å². The molecule has 0 radical (unpaired) electrons. The quantitative estimate of drug-likeness (QED) is 0.828. The predicted molar refractivity (Wildman–Crippen MR) is 93.9 cm³/mol. The summed E-state index contributed by atoms with van der Waals surface area (Å²) in [6.45, 7) is 0.886. The van der Waals surface area contributed by atoms with Gasteiger partial charge < -0.3 is 14.8 Å². The average Bonchev–Trinajstić information content (AvgIpc) is 2.64. The molecule has 0 fully saturated rings. The molecular formula is C20H23NO3. The third-order valence-corrected chi connectivity index (χ3v) is 4.31. The van der Waals surface area contributed by atoms with Crippen LogP contribution in [0.3, 0.4) is 0 Å². The van der Waals surface area contributed by atoms with Crippen LogP contribution in [0, 0.1) is 0 Å². The van der Waals surface area contributed by atoms with E-state index in [0.717, 1.165) is 29.9 Å². The van der Waals surface area contributed by atoms with Gasteiger partial charge in [-0.15, -0.1) is 0 Å². The van der Waals surface area contributed by atoms with Crippen molar-refractivity contribution in [3.8, 4) is 11.5 Å². The number of hydrogen-bond donors (Lipinski definition) is 1. The number of benzene rings is 2. The predicted octanol–water partition coefficient (Wildman–Crippen LogP) is 3.38. The number of nitrogens with one attached hydrogen (secondary N) is 1. The Morgan fingerprint density at radius 2 is 1.83 bits per heavy atom. The van der Waals surface area contributed by atoms with E-state index in [-0.39, 0.29) is 5.91 Å². The minimum atomic E-state index is -0.0439. The van der Waals surface area contributed by atoms with Crippen LogP contribution >= 0.6 is 0 Å². The zero-order chi connectivity index (χ0) is 16.8. The van der Waals surface area contributed by atoms with Gasteiger partial charge in [0.05, 0.1) is 13.7 Å². The van der Waals surface area contributed by atoms with E-state index in [1.165, 1.54) is 24.0 Å². The number of rotatable bonds is 6. The number of amides is 1. The summed E-state index contributed by atoms with van der Waals surface area (Å²) in [4.78, 5) is 12.3. The summed E-state index contributed by atoms with van der Waals surface area (Å²) in [7, 11) is 1.62. The summed E-state index contributed by atoms with van der Waals surface area (Å²) in [5, 5.41) is 2.91. The van der Waals surface area contributed by atoms with Crippen LogP contribution in [-0.4, -0.2) is 26.2 Å². The van der Waals surface area contributed by atoms with Crippen LogP contribution in [-0.2, 0) is 12.8 Å². The van der Waals surface area contributed by atoms with Crippen molar-refractivity contribution in [1.29, 1.82) is 0 Å². The molecule has 0 aromatic heterocycles. The summed E-state index contributed by atoms with van der Waals surface area (Å²) in [6, 6.07) is 13.5. The molecule has 2 aromatic carbocycles. The zero-order valence-corrected chi connectivity index (χ0v) is 14.0. The lowest BCUT2D eigenvalue weighted by molar-refractivity contribution is 0.0947. The minimum absolute atomic E-state index is 0.0439. The maximum atomic E-state index is 12.3. The topological polar surface area (TPSA) is 47.6 Å². The van der Waals surface area contributed by atoms with E-state index in [0.29, 0.717) is 13.2 Å². The van der Waals surface area contributed by atoms with Gasteiger partial charge >= 0.3 is 0 Å². The van der Waals surface area contributed by atoms with Crippen LogP contribution in [0.2, 0.25) is 0 Å². The van der Waals surface area contributed by atoms with Crippen molar-refractivity contribution < 1.29 is 14.3 Å². The Kier molecular flexibility index (Phi) is 5.36. The van der Waals surface area contributed by atoms with Crippen LogP contribution in [0.4, 0.5) is 0 Å². The Morgan fingerprint density at radius 3 is 2.67 bits per heavy atom. The number of methoxy groups -OCH3 is 1. The van der Waals surface area contributed by atoms with Crippen molar-refractivity contribution in [2.45, 2.75) is 25.7 Å². The fourth-order valence-electron chi connectivity index (χ4n) is 3.00. The van der Waals surface area contributed by atoms with Crippen LogP contribution in [0.15, 0.2) is 42.5 Å². The Hall–Kier alpha value is -2.49. The highest BCUT2D eigenvalue weighted by Gasteiger charge is 2.12. The fraction of sp³-hybridized carbons (Fsp3) is 0.350. The molecule has 1 amide bonds. The first kappa shape index (κ1) is 16.4. The number of carbonyl (C=O) groups is 1. The Labute approximate surface area is 142 Å². The lowest BCUT2D eigenvalue weighted by Gasteiger charge is -2.16. The molecule has 1 aliphatic carbocycles. The fourth-order valence-corrected chi connectivity index (χ4v) is 3.00. The summed E-state index contributed by atoms with van der Waals surface area (Å²) < 4.78 is 10.8. The number of hydrogen-bond acceptors (Lipinski definition) is 3. The molecule has 4 nitrogen and oxygen atoms in total. The maximum absolute atomic E-state index is 12.3. The maximum Gasteiger partial charge on any atom is 0.251 e. The van der Waals surface area contributed by atoms with Gasteiger partial charge in [-0.05, 0) is 61.1 Å². The average molecular weight is 325 g/mol. The van der Waals surface area contributed by atoms with E-state index in [1.54, 1.807) is 7.11 Å². The summed E-state index contributed by atoms with van der Waals surface area (Å²) in [5.74, 6) is 1.44. The molecular weight excluding hydrogens is 302 g/mol. The van der Waals surface area contributed by atoms with Crippen molar-refractivity contribution in [2.75, 3.05) is 20.3 Å². The second-order valence-corrected chi connectivity index (χ2v) is 5.97. The van der Waals surface area contributed by atoms with Gasteiger partial charge in [0.1, 0.15) is 18.1 Å². The minimum Gasteiger partial charge on any atom is -0.497 e. The molecule has 1 aliphatic rings. The van der Waals surface area contributed by atoms with Gasteiger partial charge in [-0.25, -0.2) is 0 Å². The summed E-state index contributed by atoms with van der Waals surface area (Å²) in [6.07, 6.45) is 4.67. The third kappa shape index (κ3) is 4.07. The lowest BCUT2D eigenvalue weighted by Crippen LogP contribution is -2.28. The molecule has 4 heteroatoms. The van der Waals surface area contributed by atoms with Crippen LogP contribution in [0.5, 0.6) is 11.5 Å². The Bertz CT molecular complexity index is 712. The van der Waals surface area contributed by atoms with Crippen molar-refractivity contribution >= 4 is 5.91 Å². The standard InChI is InChI=1S/C20H23NO3/c1-23-18-7-4-8-19(14-18)24-12-11-21-20(22)17-10-9-15-5-2-3-6-16(15)13-17/h4,7-10,13-14H,2-3,5-6,11-12H2,1H3,(H,21,22). The molecule has 24 heavy (non-hydrogen) atoms. The smallest absolute Gasteiger partial charge is 0.251 e. The number of ether oxygens (including phenoxy) is 2. The molecule has 0 spiro atoms. The van der Waals surface area contributed by atoms with Crippen molar-refractivity contribution in [2.24, 2.45) is 0 Å².